The highest BCUT2D eigenvalue weighted by Gasteiger charge is 2.27. The van der Waals surface area contributed by atoms with Crippen LogP contribution in [0, 0.1) is 5.92 Å². The average Bonchev–Trinajstić information content (AvgIpc) is 3.34. The van der Waals surface area contributed by atoms with E-state index in [9.17, 15) is 29.1 Å². The summed E-state index contributed by atoms with van der Waals surface area (Å²) in [6, 6.07) is 5.48. The molecular formula is C29H43N5O7. The average molecular weight is 574 g/mol. The van der Waals surface area contributed by atoms with Crippen LogP contribution in [0.4, 0.5) is 0 Å². The lowest BCUT2D eigenvalue weighted by Crippen LogP contribution is -2.51. The van der Waals surface area contributed by atoms with E-state index in [0.29, 0.717) is 13.0 Å². The summed E-state index contributed by atoms with van der Waals surface area (Å²) in [4.78, 5) is 64.0. The Labute approximate surface area is 240 Å². The van der Waals surface area contributed by atoms with Crippen LogP contribution >= 0.6 is 0 Å². The lowest BCUT2D eigenvalue weighted by molar-refractivity contribution is -0.142. The lowest BCUT2D eigenvalue weighted by Gasteiger charge is -2.23. The summed E-state index contributed by atoms with van der Waals surface area (Å²) in [7, 11) is 0. The first-order valence-corrected chi connectivity index (χ1v) is 14.2. The van der Waals surface area contributed by atoms with Crippen molar-refractivity contribution in [2.75, 3.05) is 19.6 Å². The zero-order valence-corrected chi connectivity index (χ0v) is 23.8. The molecule has 0 aliphatic rings. The van der Waals surface area contributed by atoms with Crippen LogP contribution in [0.1, 0.15) is 64.4 Å². The normalized spacial score (nSPS) is 13.2. The number of H-pyrrole nitrogens is 1. The maximum absolute atomic E-state index is 13.3. The number of unbranched alkanes of at least 4 members (excludes halogenated alkanes) is 1. The molecular weight excluding hydrogens is 530 g/mol. The summed E-state index contributed by atoms with van der Waals surface area (Å²) in [5.41, 5.74) is 1.76. The SMILES string of the molecule is CCCCNC[C@H](CC)C(=O)N[C@H](Cc1c[nH]c2ccccc12)C(=O)NCC[C@@H](NC(=O)CCCC(=O)O)C(=O)O. The molecule has 2 rings (SSSR count). The molecule has 0 bridgehead atoms. The second kappa shape index (κ2) is 17.7. The van der Waals surface area contributed by atoms with Gasteiger partial charge in [0.1, 0.15) is 12.1 Å². The Morgan fingerprint density at radius 3 is 2.34 bits per heavy atom. The number of hydrogen-bond donors (Lipinski definition) is 7. The first-order chi connectivity index (χ1) is 19.7. The number of fused-ring (bicyclic) bond motifs is 1. The van der Waals surface area contributed by atoms with Gasteiger partial charge in [-0.05, 0) is 43.9 Å². The number of para-hydroxylation sites is 1. The summed E-state index contributed by atoms with van der Waals surface area (Å²) in [5, 5.41) is 30.4. The minimum atomic E-state index is -1.27. The van der Waals surface area contributed by atoms with Crippen molar-refractivity contribution in [1.29, 1.82) is 0 Å². The van der Waals surface area contributed by atoms with Crippen LogP contribution in [-0.4, -0.2) is 76.6 Å². The van der Waals surface area contributed by atoms with Crippen LogP contribution in [0.5, 0.6) is 0 Å². The van der Waals surface area contributed by atoms with Gasteiger partial charge >= 0.3 is 11.9 Å². The van der Waals surface area contributed by atoms with E-state index in [1.165, 1.54) is 0 Å². The van der Waals surface area contributed by atoms with Gasteiger partial charge in [-0.25, -0.2) is 4.79 Å². The quantitative estimate of drug-likeness (QED) is 0.117. The summed E-state index contributed by atoms with van der Waals surface area (Å²) in [6.45, 7) is 5.26. The highest BCUT2D eigenvalue weighted by Crippen LogP contribution is 2.19. The second-order valence-electron chi connectivity index (χ2n) is 10.1. The Morgan fingerprint density at radius 1 is 0.902 bits per heavy atom. The van der Waals surface area contributed by atoms with E-state index in [1.807, 2.05) is 31.2 Å². The molecule has 3 atom stereocenters. The van der Waals surface area contributed by atoms with Gasteiger partial charge in [0.25, 0.3) is 0 Å². The fraction of sp³-hybridized carbons (Fsp3) is 0.552. The van der Waals surface area contributed by atoms with Crippen molar-refractivity contribution in [2.45, 2.75) is 77.3 Å². The van der Waals surface area contributed by atoms with Crippen LogP contribution in [0.2, 0.25) is 0 Å². The summed E-state index contributed by atoms with van der Waals surface area (Å²) >= 11 is 0. The molecule has 0 saturated heterocycles. The Morgan fingerprint density at radius 2 is 1.66 bits per heavy atom. The predicted octanol–water partition coefficient (Wildman–Crippen LogP) is 1.94. The molecule has 12 heteroatoms. The van der Waals surface area contributed by atoms with Gasteiger partial charge in [-0.1, -0.05) is 38.5 Å². The summed E-state index contributed by atoms with van der Waals surface area (Å²) in [6.07, 6.45) is 4.36. The molecule has 2 aromatic rings. The van der Waals surface area contributed by atoms with Gasteiger partial charge < -0.3 is 36.5 Å². The van der Waals surface area contributed by atoms with Crippen LogP contribution in [0.25, 0.3) is 10.9 Å². The third-order valence-electron chi connectivity index (χ3n) is 6.85. The number of carbonyl (C=O) groups is 5. The van der Waals surface area contributed by atoms with Gasteiger partial charge in [0.05, 0.1) is 5.92 Å². The number of aromatic amines is 1. The highest BCUT2D eigenvalue weighted by atomic mass is 16.4. The fourth-order valence-electron chi connectivity index (χ4n) is 4.41. The van der Waals surface area contributed by atoms with Crippen LogP contribution in [0.15, 0.2) is 30.5 Å². The Balaban J connectivity index is 2.05. The molecule has 0 fully saturated rings. The third kappa shape index (κ3) is 11.6. The Kier molecular flexibility index (Phi) is 14.4. The molecule has 0 saturated carbocycles. The van der Waals surface area contributed by atoms with E-state index in [2.05, 4.69) is 33.2 Å². The Bertz CT molecular complexity index is 1170. The van der Waals surface area contributed by atoms with Crippen LogP contribution in [-0.2, 0) is 30.4 Å². The topological polar surface area (TPSA) is 190 Å². The van der Waals surface area contributed by atoms with Crippen molar-refractivity contribution in [3.63, 3.8) is 0 Å². The fourth-order valence-corrected chi connectivity index (χ4v) is 4.41. The largest absolute Gasteiger partial charge is 0.481 e. The van der Waals surface area contributed by atoms with Gasteiger partial charge in [0.15, 0.2) is 0 Å². The zero-order chi connectivity index (χ0) is 30.2. The molecule has 3 amide bonds. The van der Waals surface area contributed by atoms with Gasteiger partial charge in [-0.2, -0.15) is 0 Å². The highest BCUT2D eigenvalue weighted by molar-refractivity contribution is 5.90. The maximum atomic E-state index is 13.3. The first-order valence-electron chi connectivity index (χ1n) is 14.2. The maximum Gasteiger partial charge on any atom is 0.326 e. The number of aromatic nitrogens is 1. The van der Waals surface area contributed by atoms with Crippen LogP contribution in [0.3, 0.4) is 0 Å². The first kappa shape index (κ1) is 33.3. The molecule has 41 heavy (non-hydrogen) atoms. The molecule has 226 valence electrons. The van der Waals surface area contributed by atoms with Crippen molar-refractivity contribution in [1.82, 2.24) is 26.3 Å². The Hall–Kier alpha value is -3.93. The predicted molar refractivity (Wildman–Crippen MR) is 154 cm³/mol. The van der Waals surface area contributed by atoms with E-state index in [-0.39, 0.29) is 50.5 Å². The van der Waals surface area contributed by atoms with Crippen molar-refractivity contribution in [2.24, 2.45) is 5.92 Å². The number of benzene rings is 1. The van der Waals surface area contributed by atoms with Gasteiger partial charge in [0, 0.05) is 49.5 Å². The minimum absolute atomic E-state index is 0.0543. The molecule has 1 heterocycles. The smallest absolute Gasteiger partial charge is 0.326 e. The van der Waals surface area contributed by atoms with Crippen molar-refractivity contribution in [3.05, 3.63) is 36.0 Å². The third-order valence-corrected chi connectivity index (χ3v) is 6.85. The molecule has 1 aromatic carbocycles. The molecule has 12 nitrogen and oxygen atoms in total. The molecule has 7 N–H and O–H groups in total. The second-order valence-corrected chi connectivity index (χ2v) is 10.1. The van der Waals surface area contributed by atoms with Gasteiger partial charge in [-0.3, -0.25) is 19.2 Å². The van der Waals surface area contributed by atoms with E-state index < -0.39 is 35.8 Å². The number of amides is 3. The molecule has 0 aliphatic carbocycles. The van der Waals surface area contributed by atoms with Gasteiger partial charge in [0.2, 0.25) is 17.7 Å². The number of aliphatic carboxylic acids is 2. The van der Waals surface area contributed by atoms with Crippen LogP contribution < -0.4 is 21.3 Å². The summed E-state index contributed by atoms with van der Waals surface area (Å²) < 4.78 is 0. The molecule has 0 unspecified atom stereocenters. The van der Waals surface area contributed by atoms with E-state index in [1.54, 1.807) is 6.20 Å². The van der Waals surface area contributed by atoms with E-state index >= 15 is 0 Å². The number of hydrogen-bond acceptors (Lipinski definition) is 6. The number of rotatable bonds is 20. The minimum Gasteiger partial charge on any atom is -0.481 e. The summed E-state index contributed by atoms with van der Waals surface area (Å²) in [5.74, 6) is -3.91. The van der Waals surface area contributed by atoms with Gasteiger partial charge in [-0.15, -0.1) is 0 Å². The number of carboxylic acid groups (broad SMARTS) is 2. The molecule has 0 radical (unpaired) electrons. The van der Waals surface area contributed by atoms with Crippen molar-refractivity contribution in [3.8, 4) is 0 Å². The standard InChI is InChI=1S/C29H43N5O7/c1-3-5-14-30-17-19(4-2)27(38)34-24(16-20-18-32-22-10-7-6-9-21(20)22)28(39)31-15-13-23(29(40)41)33-25(35)11-8-12-26(36)37/h6-7,9-10,18-19,23-24,30,32H,3-5,8,11-17H2,1-2H3,(H,31,39)(H,33,35)(H,34,38)(H,36,37)(H,40,41)/t19-,23+,24+/m0/s1. The van der Waals surface area contributed by atoms with E-state index in [0.717, 1.165) is 35.9 Å². The van der Waals surface area contributed by atoms with Crippen molar-refractivity contribution < 1.29 is 34.2 Å². The number of carbonyl (C=O) groups excluding carboxylic acids is 3. The molecule has 1 aromatic heterocycles. The van der Waals surface area contributed by atoms with Crippen molar-refractivity contribution >= 4 is 40.6 Å². The zero-order valence-electron chi connectivity index (χ0n) is 23.8. The number of nitrogens with one attached hydrogen (secondary N) is 5. The monoisotopic (exact) mass is 573 g/mol. The lowest BCUT2D eigenvalue weighted by atomic mass is 10.0. The number of carboxylic acids is 2. The molecule has 0 aliphatic heterocycles. The van der Waals surface area contributed by atoms with E-state index in [4.69, 9.17) is 5.11 Å². The molecule has 0 spiro atoms.